The van der Waals surface area contributed by atoms with E-state index >= 15 is 0 Å². The molecule has 0 atom stereocenters. The van der Waals surface area contributed by atoms with Crippen molar-refractivity contribution in [2.75, 3.05) is 0 Å². The molecule has 1 heterocycles. The highest BCUT2D eigenvalue weighted by atomic mass is 16.5. The smallest absolute Gasteiger partial charge is 0.309 e. The molecule has 15 heavy (non-hydrogen) atoms. The van der Waals surface area contributed by atoms with Crippen LogP contribution in [0.4, 0.5) is 0 Å². The van der Waals surface area contributed by atoms with Crippen LogP contribution in [-0.2, 0) is 4.79 Å². The number of benzene rings is 1. The summed E-state index contributed by atoms with van der Waals surface area (Å²) in [5, 5.41) is 6.90. The second-order valence-corrected chi connectivity index (χ2v) is 3.00. The minimum atomic E-state index is -0.472. The van der Waals surface area contributed by atoms with Gasteiger partial charge in [0.05, 0.1) is 10.8 Å². The number of nitrogens with zero attached hydrogens (tertiary/aromatic N) is 1. The Balaban J connectivity index is 2.71. The Morgan fingerprint density at radius 1 is 1.33 bits per heavy atom. The van der Waals surface area contributed by atoms with Crippen LogP contribution in [0.1, 0.15) is 6.92 Å². The van der Waals surface area contributed by atoms with Gasteiger partial charge in [-0.3, -0.25) is 9.59 Å². The molecular weight excluding hydrogens is 196 g/mol. The van der Waals surface area contributed by atoms with E-state index < -0.39 is 5.97 Å². The van der Waals surface area contributed by atoms with Gasteiger partial charge in [0, 0.05) is 6.92 Å². The largest absolute Gasteiger partial charge is 0.405 e. The van der Waals surface area contributed by atoms with E-state index in [4.69, 9.17) is 4.74 Å². The van der Waals surface area contributed by atoms with Crippen molar-refractivity contribution in [2.45, 2.75) is 6.92 Å². The highest BCUT2D eigenvalue weighted by molar-refractivity contribution is 5.87. The fraction of sp³-hybridized carbons (Fsp3) is 0.100. The predicted molar refractivity (Wildman–Crippen MR) is 53.7 cm³/mol. The molecule has 1 aromatic carbocycles. The number of rotatable bonds is 1. The summed E-state index contributed by atoms with van der Waals surface area (Å²) in [6.07, 6.45) is 0. The lowest BCUT2D eigenvalue weighted by Gasteiger charge is -2.02. The maximum atomic E-state index is 11.4. The number of hydrogen-bond acceptors (Lipinski definition) is 4. The summed E-state index contributed by atoms with van der Waals surface area (Å²) in [6, 6.07) is 6.80. The second kappa shape index (κ2) is 3.53. The van der Waals surface area contributed by atoms with Gasteiger partial charge in [0.1, 0.15) is 0 Å². The van der Waals surface area contributed by atoms with Gasteiger partial charge >= 0.3 is 5.97 Å². The average Bonchev–Trinajstić information content (AvgIpc) is 2.22. The SMILES string of the molecule is CC(=O)Oc1n[nH]c(=O)c2ccccc12. The molecule has 0 saturated heterocycles. The number of hydrogen-bond donors (Lipinski definition) is 1. The molecule has 5 heteroatoms. The van der Waals surface area contributed by atoms with E-state index in [9.17, 15) is 9.59 Å². The zero-order valence-corrected chi connectivity index (χ0v) is 7.98. The number of aromatic nitrogens is 2. The van der Waals surface area contributed by atoms with Crippen LogP contribution in [0.3, 0.4) is 0 Å². The number of carbonyl (C=O) groups excluding carboxylic acids is 1. The van der Waals surface area contributed by atoms with Crippen molar-refractivity contribution in [3.8, 4) is 5.88 Å². The molecule has 0 radical (unpaired) electrons. The molecule has 0 saturated carbocycles. The lowest BCUT2D eigenvalue weighted by molar-refractivity contribution is -0.132. The van der Waals surface area contributed by atoms with Crippen LogP contribution in [0.2, 0.25) is 0 Å². The van der Waals surface area contributed by atoms with Gasteiger partial charge in [-0.1, -0.05) is 12.1 Å². The van der Waals surface area contributed by atoms with Crippen LogP contribution in [0.15, 0.2) is 29.1 Å². The van der Waals surface area contributed by atoms with Crippen LogP contribution in [0.25, 0.3) is 10.8 Å². The van der Waals surface area contributed by atoms with Gasteiger partial charge in [0.15, 0.2) is 0 Å². The third kappa shape index (κ3) is 1.71. The highest BCUT2D eigenvalue weighted by Crippen LogP contribution is 2.18. The molecule has 2 aromatic rings. The van der Waals surface area contributed by atoms with Gasteiger partial charge < -0.3 is 4.74 Å². The van der Waals surface area contributed by atoms with Crippen molar-refractivity contribution < 1.29 is 9.53 Å². The van der Waals surface area contributed by atoms with E-state index in [1.54, 1.807) is 24.3 Å². The molecule has 1 N–H and O–H groups in total. The lowest BCUT2D eigenvalue weighted by Crippen LogP contribution is -2.12. The Hall–Kier alpha value is -2.17. The molecule has 0 aliphatic rings. The van der Waals surface area contributed by atoms with Crippen molar-refractivity contribution in [1.82, 2.24) is 10.2 Å². The fourth-order valence-electron chi connectivity index (χ4n) is 1.30. The molecule has 0 bridgehead atoms. The number of nitrogens with one attached hydrogen (secondary N) is 1. The van der Waals surface area contributed by atoms with Gasteiger partial charge in [-0.25, -0.2) is 5.10 Å². The molecule has 0 unspecified atom stereocenters. The van der Waals surface area contributed by atoms with Crippen molar-refractivity contribution in [3.05, 3.63) is 34.6 Å². The quantitative estimate of drug-likeness (QED) is 0.699. The highest BCUT2D eigenvalue weighted by Gasteiger charge is 2.08. The Kier molecular flexibility index (Phi) is 2.21. The Morgan fingerprint density at radius 3 is 2.67 bits per heavy atom. The summed E-state index contributed by atoms with van der Waals surface area (Å²) in [4.78, 5) is 22.1. The summed E-state index contributed by atoms with van der Waals surface area (Å²) in [6.45, 7) is 1.28. The molecule has 2 rings (SSSR count). The van der Waals surface area contributed by atoms with Crippen LogP contribution in [0, 0.1) is 0 Å². The first-order valence-corrected chi connectivity index (χ1v) is 4.34. The van der Waals surface area contributed by atoms with Crippen molar-refractivity contribution >= 4 is 16.7 Å². The van der Waals surface area contributed by atoms with Crippen molar-refractivity contribution in [3.63, 3.8) is 0 Å². The van der Waals surface area contributed by atoms with Crippen molar-refractivity contribution in [2.24, 2.45) is 0 Å². The standard InChI is InChI=1S/C10H8N2O3/c1-6(13)15-10-8-5-3-2-4-7(8)9(14)11-12-10/h2-5H,1H3,(H,11,14). The van der Waals surface area contributed by atoms with Crippen molar-refractivity contribution in [1.29, 1.82) is 0 Å². The Labute approximate surface area is 84.7 Å². The van der Waals surface area contributed by atoms with E-state index in [1.807, 2.05) is 0 Å². The third-order valence-electron chi connectivity index (χ3n) is 1.90. The first-order chi connectivity index (χ1) is 7.18. The van der Waals surface area contributed by atoms with Gasteiger partial charge in [-0.15, -0.1) is 5.10 Å². The monoisotopic (exact) mass is 204 g/mol. The number of H-pyrrole nitrogens is 1. The minimum Gasteiger partial charge on any atom is -0.405 e. The number of fused-ring (bicyclic) bond motifs is 1. The summed E-state index contributed by atoms with van der Waals surface area (Å²) < 4.78 is 4.86. The van der Waals surface area contributed by atoms with Gasteiger partial charge in [0.2, 0.25) is 5.88 Å². The molecule has 1 aromatic heterocycles. The molecular formula is C10H8N2O3. The van der Waals surface area contributed by atoms with E-state index in [1.165, 1.54) is 6.92 Å². The Bertz CT molecular complexity index is 574. The van der Waals surface area contributed by atoms with E-state index in [2.05, 4.69) is 10.2 Å². The van der Waals surface area contributed by atoms with Gasteiger partial charge in [-0.2, -0.15) is 0 Å². The topological polar surface area (TPSA) is 72.0 Å². The first kappa shape index (κ1) is 9.39. The summed E-state index contributed by atoms with van der Waals surface area (Å²) in [7, 11) is 0. The van der Waals surface area contributed by atoms with Crippen LogP contribution in [0.5, 0.6) is 5.88 Å². The number of carbonyl (C=O) groups is 1. The summed E-state index contributed by atoms with van der Waals surface area (Å²) in [5.41, 5.74) is -0.304. The van der Waals surface area contributed by atoms with Gasteiger partial charge in [0.25, 0.3) is 5.56 Å². The summed E-state index contributed by atoms with van der Waals surface area (Å²) >= 11 is 0. The third-order valence-corrected chi connectivity index (χ3v) is 1.90. The van der Waals surface area contributed by atoms with E-state index in [-0.39, 0.29) is 11.4 Å². The molecule has 0 aliphatic carbocycles. The zero-order chi connectivity index (χ0) is 10.8. The minimum absolute atomic E-state index is 0.123. The molecule has 0 amide bonds. The number of esters is 1. The molecule has 5 nitrogen and oxygen atoms in total. The second-order valence-electron chi connectivity index (χ2n) is 3.00. The molecule has 0 spiro atoms. The number of ether oxygens (including phenoxy) is 1. The molecule has 0 fully saturated rings. The average molecular weight is 204 g/mol. The molecule has 0 aliphatic heterocycles. The first-order valence-electron chi connectivity index (χ1n) is 4.34. The predicted octanol–water partition coefficient (Wildman–Crippen LogP) is 0.848. The lowest BCUT2D eigenvalue weighted by atomic mass is 10.2. The fourth-order valence-corrected chi connectivity index (χ4v) is 1.30. The maximum absolute atomic E-state index is 11.4. The number of aromatic amines is 1. The summed E-state index contributed by atoms with van der Waals surface area (Å²) in [5.74, 6) is -0.350. The van der Waals surface area contributed by atoms with Crippen LogP contribution in [-0.4, -0.2) is 16.2 Å². The van der Waals surface area contributed by atoms with Crippen LogP contribution < -0.4 is 10.3 Å². The van der Waals surface area contributed by atoms with Crippen LogP contribution >= 0.6 is 0 Å². The maximum Gasteiger partial charge on any atom is 0.309 e. The van der Waals surface area contributed by atoms with E-state index in [0.717, 1.165) is 0 Å². The molecule has 76 valence electrons. The van der Waals surface area contributed by atoms with Gasteiger partial charge in [-0.05, 0) is 12.1 Å². The normalized spacial score (nSPS) is 10.2. The van der Waals surface area contributed by atoms with E-state index in [0.29, 0.717) is 10.8 Å². The Morgan fingerprint density at radius 2 is 2.00 bits per heavy atom. The zero-order valence-electron chi connectivity index (χ0n) is 7.98.